The van der Waals surface area contributed by atoms with Gasteiger partial charge in [-0.15, -0.1) is 0 Å². The molecule has 8 heteroatoms. The number of nitro groups is 1. The summed E-state index contributed by atoms with van der Waals surface area (Å²) in [5, 5.41) is 14.8. The molecular weight excluding hydrogens is 304 g/mol. The Labute approximate surface area is 110 Å². The van der Waals surface area contributed by atoms with E-state index in [2.05, 4.69) is 21.0 Å². The third-order valence-corrected chi connectivity index (χ3v) is 2.94. The molecule has 0 aliphatic heterocycles. The van der Waals surface area contributed by atoms with Gasteiger partial charge < -0.3 is 0 Å². The predicted octanol–water partition coefficient (Wildman–Crippen LogP) is 1.30. The SMILES string of the molecule is Cn1cnn(Cc2ccc(Br)cc2[N+](=O)[O-])c1=O. The summed E-state index contributed by atoms with van der Waals surface area (Å²) >= 11 is 3.18. The Morgan fingerprint density at radius 2 is 2.22 bits per heavy atom. The maximum Gasteiger partial charge on any atom is 0.345 e. The van der Waals surface area contributed by atoms with Crippen LogP contribution in [0.2, 0.25) is 0 Å². The summed E-state index contributed by atoms with van der Waals surface area (Å²) in [4.78, 5) is 22.1. The number of nitrogens with zero attached hydrogens (tertiary/aromatic N) is 4. The molecule has 0 amide bonds. The second-order valence-corrected chi connectivity index (χ2v) is 4.63. The van der Waals surface area contributed by atoms with Crippen molar-refractivity contribution in [1.82, 2.24) is 14.3 Å². The van der Waals surface area contributed by atoms with Gasteiger partial charge in [0.25, 0.3) is 5.69 Å². The van der Waals surface area contributed by atoms with Crippen molar-refractivity contribution >= 4 is 21.6 Å². The lowest BCUT2D eigenvalue weighted by Gasteiger charge is -2.02. The molecule has 0 radical (unpaired) electrons. The van der Waals surface area contributed by atoms with E-state index >= 15 is 0 Å². The highest BCUT2D eigenvalue weighted by molar-refractivity contribution is 9.10. The Hall–Kier alpha value is -1.96. The number of halogens is 1. The van der Waals surface area contributed by atoms with E-state index in [1.807, 2.05) is 0 Å². The van der Waals surface area contributed by atoms with Gasteiger partial charge in [0.15, 0.2) is 0 Å². The fourth-order valence-electron chi connectivity index (χ4n) is 1.53. The molecule has 2 rings (SSSR count). The second-order valence-electron chi connectivity index (χ2n) is 3.71. The fourth-order valence-corrected chi connectivity index (χ4v) is 1.88. The second kappa shape index (κ2) is 4.73. The molecule has 0 N–H and O–H groups in total. The van der Waals surface area contributed by atoms with Gasteiger partial charge in [-0.1, -0.05) is 15.9 Å². The van der Waals surface area contributed by atoms with E-state index in [-0.39, 0.29) is 17.9 Å². The van der Waals surface area contributed by atoms with E-state index in [0.29, 0.717) is 10.0 Å². The first-order valence-electron chi connectivity index (χ1n) is 5.00. The number of hydrogen-bond donors (Lipinski definition) is 0. The molecule has 0 aliphatic rings. The first kappa shape index (κ1) is 12.5. The van der Waals surface area contributed by atoms with E-state index in [4.69, 9.17) is 0 Å². The quantitative estimate of drug-likeness (QED) is 0.631. The molecule has 1 aromatic carbocycles. The van der Waals surface area contributed by atoms with E-state index in [1.165, 1.54) is 21.6 Å². The molecule has 7 nitrogen and oxygen atoms in total. The number of aromatic nitrogens is 3. The highest BCUT2D eigenvalue weighted by Gasteiger charge is 2.15. The highest BCUT2D eigenvalue weighted by atomic mass is 79.9. The van der Waals surface area contributed by atoms with Gasteiger partial charge in [-0.3, -0.25) is 14.7 Å². The van der Waals surface area contributed by atoms with Gasteiger partial charge in [-0.2, -0.15) is 5.10 Å². The van der Waals surface area contributed by atoms with Crippen molar-refractivity contribution in [1.29, 1.82) is 0 Å². The van der Waals surface area contributed by atoms with Gasteiger partial charge in [0, 0.05) is 17.6 Å². The lowest BCUT2D eigenvalue weighted by molar-refractivity contribution is -0.385. The van der Waals surface area contributed by atoms with Crippen molar-refractivity contribution in [3.8, 4) is 0 Å². The molecule has 0 aliphatic carbocycles. The molecule has 0 spiro atoms. The zero-order valence-corrected chi connectivity index (χ0v) is 11.0. The number of aryl methyl sites for hydroxylation is 1. The van der Waals surface area contributed by atoms with Crippen molar-refractivity contribution in [2.45, 2.75) is 6.54 Å². The molecule has 2 aromatic rings. The van der Waals surface area contributed by atoms with Gasteiger partial charge in [0.1, 0.15) is 6.33 Å². The lowest BCUT2D eigenvalue weighted by atomic mass is 10.2. The maximum atomic E-state index is 11.6. The Kier molecular flexibility index (Phi) is 3.28. The van der Waals surface area contributed by atoms with Crippen molar-refractivity contribution in [2.75, 3.05) is 0 Å². The van der Waals surface area contributed by atoms with Crippen LogP contribution in [0, 0.1) is 10.1 Å². The molecule has 0 unspecified atom stereocenters. The van der Waals surface area contributed by atoms with Gasteiger partial charge >= 0.3 is 5.69 Å². The summed E-state index contributed by atoms with van der Waals surface area (Å²) in [5.41, 5.74) is 0.0816. The summed E-state index contributed by atoms with van der Waals surface area (Å²) in [6.07, 6.45) is 1.37. The topological polar surface area (TPSA) is 83.0 Å². The van der Waals surface area contributed by atoms with Crippen LogP contribution in [0.5, 0.6) is 0 Å². The number of nitro benzene ring substituents is 1. The molecule has 1 heterocycles. The van der Waals surface area contributed by atoms with E-state index in [0.717, 1.165) is 0 Å². The average molecular weight is 313 g/mol. The van der Waals surface area contributed by atoms with E-state index in [9.17, 15) is 14.9 Å². The van der Waals surface area contributed by atoms with E-state index < -0.39 is 4.92 Å². The number of hydrogen-bond acceptors (Lipinski definition) is 4. The minimum Gasteiger partial charge on any atom is -0.285 e. The Morgan fingerprint density at radius 1 is 1.50 bits per heavy atom. The van der Waals surface area contributed by atoms with Crippen molar-refractivity contribution in [3.05, 3.63) is 55.2 Å². The van der Waals surface area contributed by atoms with Crippen LogP contribution in [0.4, 0.5) is 5.69 Å². The molecule has 0 saturated carbocycles. The van der Waals surface area contributed by atoms with Crippen LogP contribution in [0.15, 0.2) is 33.8 Å². The van der Waals surface area contributed by atoms with E-state index in [1.54, 1.807) is 19.2 Å². The largest absolute Gasteiger partial charge is 0.345 e. The summed E-state index contributed by atoms with van der Waals surface area (Å²) in [6.45, 7) is 0.0727. The molecule has 0 atom stereocenters. The van der Waals surface area contributed by atoms with Gasteiger partial charge in [0.05, 0.1) is 17.0 Å². The van der Waals surface area contributed by atoms with Crippen LogP contribution in [0.25, 0.3) is 0 Å². The summed E-state index contributed by atoms with van der Waals surface area (Å²) < 4.78 is 3.10. The monoisotopic (exact) mass is 312 g/mol. The lowest BCUT2D eigenvalue weighted by Crippen LogP contribution is -2.23. The first-order valence-corrected chi connectivity index (χ1v) is 5.79. The Balaban J connectivity index is 2.43. The van der Waals surface area contributed by atoms with Gasteiger partial charge in [-0.05, 0) is 12.1 Å². The summed E-state index contributed by atoms with van der Waals surface area (Å²) in [6, 6.07) is 4.70. The molecule has 1 aromatic heterocycles. The average Bonchev–Trinajstić information content (AvgIpc) is 2.63. The molecule has 18 heavy (non-hydrogen) atoms. The van der Waals surface area contributed by atoms with Gasteiger partial charge in [0.2, 0.25) is 0 Å². The fraction of sp³-hybridized carbons (Fsp3) is 0.200. The van der Waals surface area contributed by atoms with Crippen LogP contribution in [-0.2, 0) is 13.6 Å². The minimum absolute atomic E-state index is 0.0399. The van der Waals surface area contributed by atoms with Gasteiger partial charge in [-0.25, -0.2) is 9.48 Å². The molecule has 94 valence electrons. The van der Waals surface area contributed by atoms with Crippen LogP contribution in [0.1, 0.15) is 5.56 Å². The zero-order chi connectivity index (χ0) is 13.3. The summed E-state index contributed by atoms with van der Waals surface area (Å²) in [5.74, 6) is 0. The highest BCUT2D eigenvalue weighted by Crippen LogP contribution is 2.23. The normalized spacial score (nSPS) is 10.6. The first-order chi connectivity index (χ1) is 8.49. The van der Waals surface area contributed by atoms with Crippen LogP contribution < -0.4 is 5.69 Å². The third kappa shape index (κ3) is 2.33. The van der Waals surface area contributed by atoms with Crippen LogP contribution in [-0.4, -0.2) is 19.3 Å². The maximum absolute atomic E-state index is 11.6. The van der Waals surface area contributed by atoms with Crippen LogP contribution in [0.3, 0.4) is 0 Å². The van der Waals surface area contributed by atoms with Crippen molar-refractivity contribution in [2.24, 2.45) is 7.05 Å². The molecular formula is C10H9BrN4O3. The van der Waals surface area contributed by atoms with Crippen molar-refractivity contribution < 1.29 is 4.92 Å². The Bertz CT molecular complexity index is 661. The predicted molar refractivity (Wildman–Crippen MR) is 67.4 cm³/mol. The standard InChI is InChI=1S/C10H9BrN4O3/c1-13-6-12-14(10(13)16)5-7-2-3-8(11)4-9(7)15(17)18/h2-4,6H,5H2,1H3. The van der Waals surface area contributed by atoms with Crippen LogP contribution >= 0.6 is 15.9 Å². The Morgan fingerprint density at radius 3 is 2.78 bits per heavy atom. The number of rotatable bonds is 3. The number of benzene rings is 1. The summed E-state index contributed by atoms with van der Waals surface area (Å²) in [7, 11) is 1.57. The third-order valence-electron chi connectivity index (χ3n) is 2.45. The zero-order valence-electron chi connectivity index (χ0n) is 9.41. The van der Waals surface area contributed by atoms with Crippen molar-refractivity contribution in [3.63, 3.8) is 0 Å². The molecule has 0 saturated heterocycles. The smallest absolute Gasteiger partial charge is 0.285 e. The molecule has 0 fully saturated rings. The minimum atomic E-state index is -0.478. The molecule has 0 bridgehead atoms.